The van der Waals surface area contributed by atoms with Gasteiger partial charge in [0.15, 0.2) is 0 Å². The molecule has 2 aromatic carbocycles. The Morgan fingerprint density at radius 3 is 2.79 bits per heavy atom. The maximum absolute atomic E-state index is 14.0. The second-order valence-corrected chi connectivity index (χ2v) is 11.2. The molecule has 0 saturated heterocycles. The number of aromatic nitrogens is 4. The van der Waals surface area contributed by atoms with Gasteiger partial charge in [-0.05, 0) is 62.2 Å². The summed E-state index contributed by atoms with van der Waals surface area (Å²) in [5.74, 6) is 0.470. The Kier molecular flexibility index (Phi) is 6.26. The Morgan fingerprint density at radius 1 is 1.18 bits per heavy atom. The first-order valence-corrected chi connectivity index (χ1v) is 13.2. The third-order valence-corrected chi connectivity index (χ3v) is 7.48. The zero-order valence-corrected chi connectivity index (χ0v) is 22.6. The Balaban J connectivity index is 1.30. The van der Waals surface area contributed by atoms with Crippen LogP contribution in [0.25, 0.3) is 5.69 Å². The number of ether oxygens (including phenoxy) is 2. The number of hydrogen-bond acceptors (Lipinski definition) is 6. The van der Waals surface area contributed by atoms with Gasteiger partial charge in [-0.15, -0.1) is 5.10 Å². The van der Waals surface area contributed by atoms with Gasteiger partial charge in [-0.3, -0.25) is 9.58 Å². The fourth-order valence-electron chi connectivity index (χ4n) is 5.80. The van der Waals surface area contributed by atoms with Crippen LogP contribution < -0.4 is 4.74 Å². The molecule has 0 unspecified atom stereocenters. The molecule has 1 fully saturated rings. The zero-order chi connectivity index (χ0) is 27.3. The highest BCUT2D eigenvalue weighted by atomic mass is 19.1. The predicted molar refractivity (Wildman–Crippen MR) is 143 cm³/mol. The van der Waals surface area contributed by atoms with E-state index in [1.807, 2.05) is 37.6 Å². The quantitative estimate of drug-likeness (QED) is 0.328. The van der Waals surface area contributed by atoms with Gasteiger partial charge in [0, 0.05) is 67.9 Å². The first-order valence-electron chi connectivity index (χ1n) is 13.2. The first-order chi connectivity index (χ1) is 18.7. The summed E-state index contributed by atoms with van der Waals surface area (Å²) in [6.45, 7) is 6.06. The number of methoxy groups -OCH3 is 1. The number of fused-ring (bicyclic) bond motifs is 1. The van der Waals surface area contributed by atoms with Crippen LogP contribution >= 0.6 is 0 Å². The Bertz CT molecular complexity index is 1540. The Morgan fingerprint density at radius 2 is 2.03 bits per heavy atom. The maximum atomic E-state index is 14.0. The summed E-state index contributed by atoms with van der Waals surface area (Å²) in [7, 11) is 3.27. The third kappa shape index (κ3) is 5.06. The molecule has 2 aromatic heterocycles. The summed E-state index contributed by atoms with van der Waals surface area (Å²) >= 11 is 0. The van der Waals surface area contributed by atoms with Gasteiger partial charge in [0.05, 0.1) is 18.4 Å². The van der Waals surface area contributed by atoms with Crippen LogP contribution in [0.15, 0.2) is 60.9 Å². The molecule has 0 spiro atoms. The van der Waals surface area contributed by atoms with Gasteiger partial charge in [-0.2, -0.15) is 0 Å². The minimum absolute atomic E-state index is 0.143. The maximum Gasteiger partial charge on any atom is 0.339 e. The molecule has 2 aliphatic rings. The summed E-state index contributed by atoms with van der Waals surface area (Å²) in [5, 5.41) is 8.39. The summed E-state index contributed by atoms with van der Waals surface area (Å²) in [6, 6.07) is 14.9. The van der Waals surface area contributed by atoms with Crippen LogP contribution in [0.5, 0.6) is 5.75 Å². The number of nitrogens with zero attached hydrogens (tertiary/aromatic N) is 5. The molecule has 9 heteroatoms. The highest BCUT2D eigenvalue weighted by Crippen LogP contribution is 2.55. The van der Waals surface area contributed by atoms with Crippen molar-refractivity contribution in [1.29, 1.82) is 0 Å². The topological polar surface area (TPSA) is 74.4 Å². The van der Waals surface area contributed by atoms with Crippen molar-refractivity contribution in [2.24, 2.45) is 7.05 Å². The van der Waals surface area contributed by atoms with Crippen LogP contribution in [0.3, 0.4) is 0 Å². The number of halogens is 1. The van der Waals surface area contributed by atoms with E-state index < -0.39 is 5.60 Å². The summed E-state index contributed by atoms with van der Waals surface area (Å²) in [4.78, 5) is 15.0. The van der Waals surface area contributed by atoms with Crippen molar-refractivity contribution in [3.8, 4) is 11.4 Å². The van der Waals surface area contributed by atoms with Gasteiger partial charge in [0.1, 0.15) is 17.2 Å². The van der Waals surface area contributed by atoms with Crippen LogP contribution in [-0.4, -0.2) is 49.7 Å². The molecule has 0 bridgehead atoms. The zero-order valence-electron chi connectivity index (χ0n) is 22.6. The molecule has 1 aliphatic heterocycles. The lowest BCUT2D eigenvalue weighted by atomic mass is 10.1. The number of esters is 1. The lowest BCUT2D eigenvalue weighted by molar-refractivity contribution is 0.0599. The molecule has 0 N–H and O–H groups in total. The lowest BCUT2D eigenvalue weighted by Gasteiger charge is -2.29. The van der Waals surface area contributed by atoms with Crippen molar-refractivity contribution in [3.05, 3.63) is 94.8 Å². The Labute approximate surface area is 226 Å². The number of carbonyl (C=O) groups is 1. The molecular formula is C30H32FN5O3. The third-order valence-electron chi connectivity index (χ3n) is 7.48. The van der Waals surface area contributed by atoms with Crippen LogP contribution in [-0.2, 0) is 24.9 Å². The van der Waals surface area contributed by atoms with Crippen molar-refractivity contribution < 1.29 is 18.7 Å². The van der Waals surface area contributed by atoms with Crippen molar-refractivity contribution in [2.75, 3.05) is 13.7 Å². The fourth-order valence-corrected chi connectivity index (χ4v) is 5.80. The molecule has 1 aliphatic carbocycles. The Hall–Kier alpha value is -3.98. The molecule has 0 amide bonds. The van der Waals surface area contributed by atoms with E-state index in [0.717, 1.165) is 40.4 Å². The van der Waals surface area contributed by atoms with Gasteiger partial charge in [0.25, 0.3) is 0 Å². The minimum atomic E-state index is -0.426. The van der Waals surface area contributed by atoms with E-state index in [2.05, 4.69) is 45.8 Å². The summed E-state index contributed by atoms with van der Waals surface area (Å²) < 4.78 is 29.2. The van der Waals surface area contributed by atoms with E-state index in [4.69, 9.17) is 9.47 Å². The number of benzene rings is 2. The van der Waals surface area contributed by atoms with Crippen LogP contribution in [0.2, 0.25) is 0 Å². The van der Waals surface area contributed by atoms with Crippen molar-refractivity contribution in [1.82, 2.24) is 24.5 Å². The molecule has 1 saturated carbocycles. The normalized spacial score (nSPS) is 20.1. The highest BCUT2D eigenvalue weighted by Gasteiger charge is 2.45. The van der Waals surface area contributed by atoms with E-state index in [1.165, 1.54) is 13.2 Å². The van der Waals surface area contributed by atoms with E-state index in [-0.39, 0.29) is 23.6 Å². The van der Waals surface area contributed by atoms with Crippen molar-refractivity contribution in [2.45, 2.75) is 50.8 Å². The monoisotopic (exact) mass is 529 g/mol. The average molecular weight is 530 g/mol. The molecule has 202 valence electrons. The van der Waals surface area contributed by atoms with Gasteiger partial charge >= 0.3 is 5.97 Å². The smallest absolute Gasteiger partial charge is 0.339 e. The van der Waals surface area contributed by atoms with Gasteiger partial charge in [0.2, 0.25) is 0 Å². The second kappa shape index (κ2) is 9.64. The molecule has 0 radical (unpaired) electrons. The van der Waals surface area contributed by atoms with E-state index >= 15 is 0 Å². The number of hydrogen-bond donors (Lipinski definition) is 0. The van der Waals surface area contributed by atoms with Crippen molar-refractivity contribution in [3.63, 3.8) is 0 Å². The highest BCUT2D eigenvalue weighted by molar-refractivity contribution is 5.91. The molecule has 3 heterocycles. The van der Waals surface area contributed by atoms with Gasteiger partial charge in [-0.25, -0.2) is 9.18 Å². The SMILES string of the molecule is COC(=O)c1ccn(-c2cccc(CN3Cc4cc(F)ccc4OC(C)(C)C3)c2)c1[C@@H]1C[C@H]1c1cn(C)nn1. The molecule has 4 aromatic rings. The predicted octanol–water partition coefficient (Wildman–Crippen LogP) is 4.98. The lowest BCUT2D eigenvalue weighted by Crippen LogP contribution is -2.40. The minimum Gasteiger partial charge on any atom is -0.486 e. The summed E-state index contributed by atoms with van der Waals surface area (Å²) in [6.07, 6.45) is 4.77. The first kappa shape index (κ1) is 25.3. The van der Waals surface area contributed by atoms with Crippen LogP contribution in [0.4, 0.5) is 4.39 Å². The van der Waals surface area contributed by atoms with Gasteiger partial charge < -0.3 is 14.0 Å². The fraction of sp³-hybridized carbons (Fsp3) is 0.367. The largest absolute Gasteiger partial charge is 0.486 e. The molecule has 39 heavy (non-hydrogen) atoms. The molecular weight excluding hydrogens is 497 g/mol. The van der Waals surface area contributed by atoms with Crippen LogP contribution in [0.1, 0.15) is 65.0 Å². The average Bonchev–Trinajstić information content (AvgIpc) is 3.39. The van der Waals surface area contributed by atoms with Gasteiger partial charge in [-0.1, -0.05) is 17.3 Å². The number of aryl methyl sites for hydroxylation is 1. The molecule has 2 atom stereocenters. The molecule has 6 rings (SSSR count). The van der Waals surface area contributed by atoms with Crippen LogP contribution in [0, 0.1) is 5.82 Å². The molecule has 8 nitrogen and oxygen atoms in total. The van der Waals surface area contributed by atoms with E-state index in [0.29, 0.717) is 25.2 Å². The van der Waals surface area contributed by atoms with E-state index in [1.54, 1.807) is 16.8 Å². The van der Waals surface area contributed by atoms with Crippen molar-refractivity contribution >= 4 is 5.97 Å². The standard InChI is InChI=1S/C30H32FN5O3/c1-30(2)18-35(16-20-13-21(31)8-9-27(20)39-30)15-19-6-5-7-22(12-19)36-11-10-23(29(37)38-4)28(36)25-14-24(25)26-17-34(3)33-32-26/h5-13,17,24-25H,14-16,18H2,1-4H3/t24-,25-/m1/s1. The summed E-state index contributed by atoms with van der Waals surface area (Å²) in [5.41, 5.74) is 4.94. The van der Waals surface area contributed by atoms with E-state index in [9.17, 15) is 9.18 Å². The number of carbonyl (C=O) groups excluding carboxylic acids is 1. The number of rotatable bonds is 6. The second-order valence-electron chi connectivity index (χ2n) is 11.2.